The minimum atomic E-state index is -0.0796. The van der Waals surface area contributed by atoms with Crippen LogP contribution in [0.5, 0.6) is 0 Å². The van der Waals surface area contributed by atoms with E-state index in [1.54, 1.807) is 22.8 Å². The Balaban J connectivity index is 1.69. The number of nitrogens with zero attached hydrogens (tertiary/aromatic N) is 4. The van der Waals surface area contributed by atoms with Gasteiger partial charge >= 0.3 is 0 Å². The molecule has 1 amide bonds. The Morgan fingerprint density at radius 1 is 1.61 bits per heavy atom. The van der Waals surface area contributed by atoms with Crippen LogP contribution < -0.4 is 5.32 Å². The van der Waals surface area contributed by atoms with Gasteiger partial charge in [0.25, 0.3) is 5.91 Å². The average molecular weight is 251 g/mol. The van der Waals surface area contributed by atoms with Crippen LogP contribution in [0.3, 0.4) is 0 Å². The van der Waals surface area contributed by atoms with Gasteiger partial charge in [-0.1, -0.05) is 5.21 Å². The molecule has 1 atom stereocenters. The summed E-state index contributed by atoms with van der Waals surface area (Å²) in [7, 11) is 1.80. The number of carbonyl (C=O) groups excluding carboxylic acids is 1. The van der Waals surface area contributed by atoms with Gasteiger partial charge < -0.3 is 15.0 Å². The van der Waals surface area contributed by atoms with Crippen LogP contribution in [0.2, 0.25) is 0 Å². The van der Waals surface area contributed by atoms with Crippen molar-refractivity contribution in [2.45, 2.75) is 18.5 Å². The number of carbonyl (C=O) groups is 1. The topological polar surface area (TPSA) is 72.3 Å². The summed E-state index contributed by atoms with van der Waals surface area (Å²) in [6.07, 6.45) is 2.63. The maximum atomic E-state index is 12.2. The molecular weight excluding hydrogens is 234 g/mol. The Kier molecular flexibility index (Phi) is 3.00. The van der Waals surface area contributed by atoms with Crippen molar-refractivity contribution in [1.29, 1.82) is 0 Å². The van der Waals surface area contributed by atoms with Crippen LogP contribution in [-0.2, 0) is 4.74 Å². The van der Waals surface area contributed by atoms with Gasteiger partial charge in [0.05, 0.1) is 24.9 Å². The van der Waals surface area contributed by atoms with Crippen LogP contribution in [0.4, 0.5) is 0 Å². The van der Waals surface area contributed by atoms with Gasteiger partial charge in [-0.15, -0.1) is 5.10 Å². The summed E-state index contributed by atoms with van der Waals surface area (Å²) in [5.74, 6) is -0.0796. The zero-order valence-electron chi connectivity index (χ0n) is 10.4. The summed E-state index contributed by atoms with van der Waals surface area (Å²) >= 11 is 0. The fourth-order valence-corrected chi connectivity index (χ4v) is 2.19. The van der Waals surface area contributed by atoms with E-state index in [-0.39, 0.29) is 11.9 Å². The SMILES string of the molecule is CN(C(=O)c1cn(C2CNC2)nn1)C1CCOC1. The van der Waals surface area contributed by atoms with Crippen LogP contribution in [0.1, 0.15) is 23.0 Å². The largest absolute Gasteiger partial charge is 0.379 e. The standard InChI is InChI=1S/C11H17N5O2/c1-15(8-2-3-18-7-8)11(17)10-6-16(14-13-10)9-4-12-5-9/h6,8-9,12H,2-5,7H2,1H3. The number of nitrogens with one attached hydrogen (secondary N) is 1. The van der Waals surface area contributed by atoms with Gasteiger partial charge in [0.2, 0.25) is 0 Å². The van der Waals surface area contributed by atoms with Crippen molar-refractivity contribution >= 4 is 5.91 Å². The van der Waals surface area contributed by atoms with Gasteiger partial charge in [0, 0.05) is 26.7 Å². The van der Waals surface area contributed by atoms with Crippen molar-refractivity contribution < 1.29 is 9.53 Å². The van der Waals surface area contributed by atoms with Crippen LogP contribution in [0.25, 0.3) is 0 Å². The molecule has 3 rings (SSSR count). The molecule has 1 unspecified atom stereocenters. The molecule has 2 fully saturated rings. The van der Waals surface area contributed by atoms with E-state index in [1.807, 2.05) is 0 Å². The molecule has 0 saturated carbocycles. The fourth-order valence-electron chi connectivity index (χ4n) is 2.19. The van der Waals surface area contributed by atoms with Crippen LogP contribution in [0.15, 0.2) is 6.20 Å². The van der Waals surface area contributed by atoms with Gasteiger partial charge in [0.1, 0.15) is 0 Å². The van der Waals surface area contributed by atoms with Crippen molar-refractivity contribution in [3.8, 4) is 0 Å². The second-order valence-corrected chi connectivity index (χ2v) is 4.83. The maximum absolute atomic E-state index is 12.2. The molecule has 2 saturated heterocycles. The molecule has 0 aromatic carbocycles. The van der Waals surface area contributed by atoms with E-state index in [2.05, 4.69) is 15.6 Å². The predicted octanol–water partition coefficient (Wildman–Crippen LogP) is -0.717. The summed E-state index contributed by atoms with van der Waals surface area (Å²) in [6.45, 7) is 3.12. The molecule has 0 bridgehead atoms. The van der Waals surface area contributed by atoms with E-state index in [4.69, 9.17) is 4.74 Å². The first-order chi connectivity index (χ1) is 8.75. The molecule has 2 aliphatic heterocycles. The number of amides is 1. The number of ether oxygens (including phenoxy) is 1. The highest BCUT2D eigenvalue weighted by Gasteiger charge is 2.27. The maximum Gasteiger partial charge on any atom is 0.276 e. The zero-order chi connectivity index (χ0) is 12.5. The number of hydrogen-bond donors (Lipinski definition) is 1. The second kappa shape index (κ2) is 4.66. The highest BCUT2D eigenvalue weighted by Crippen LogP contribution is 2.14. The molecule has 98 valence electrons. The molecule has 7 nitrogen and oxygen atoms in total. The van der Waals surface area contributed by atoms with Gasteiger partial charge in [-0.25, -0.2) is 4.68 Å². The number of rotatable bonds is 3. The molecule has 0 aliphatic carbocycles. The van der Waals surface area contributed by atoms with E-state index in [9.17, 15) is 4.79 Å². The molecule has 1 aromatic rings. The summed E-state index contributed by atoms with van der Waals surface area (Å²) in [6, 6.07) is 0.493. The third kappa shape index (κ3) is 1.99. The summed E-state index contributed by atoms with van der Waals surface area (Å²) < 4.78 is 7.06. The highest BCUT2D eigenvalue weighted by atomic mass is 16.5. The van der Waals surface area contributed by atoms with Crippen LogP contribution in [-0.4, -0.2) is 65.2 Å². The van der Waals surface area contributed by atoms with E-state index in [1.165, 1.54) is 0 Å². The Bertz CT molecular complexity index is 436. The van der Waals surface area contributed by atoms with Crippen molar-refractivity contribution in [3.05, 3.63) is 11.9 Å². The van der Waals surface area contributed by atoms with Gasteiger partial charge in [-0.3, -0.25) is 4.79 Å². The Labute approximate surface area is 105 Å². The van der Waals surface area contributed by atoms with Crippen LogP contribution in [0, 0.1) is 0 Å². The molecule has 7 heteroatoms. The fraction of sp³-hybridized carbons (Fsp3) is 0.727. The van der Waals surface area contributed by atoms with E-state index in [0.29, 0.717) is 18.3 Å². The lowest BCUT2D eigenvalue weighted by atomic mass is 10.2. The lowest BCUT2D eigenvalue weighted by Gasteiger charge is -2.26. The molecule has 1 N–H and O–H groups in total. The van der Waals surface area contributed by atoms with Crippen molar-refractivity contribution in [1.82, 2.24) is 25.2 Å². The monoisotopic (exact) mass is 251 g/mol. The summed E-state index contributed by atoms with van der Waals surface area (Å²) in [5, 5.41) is 11.1. The third-order valence-electron chi connectivity index (χ3n) is 3.64. The minimum absolute atomic E-state index is 0.0796. The molecule has 0 radical (unpaired) electrons. The Morgan fingerprint density at radius 2 is 2.44 bits per heavy atom. The minimum Gasteiger partial charge on any atom is -0.379 e. The lowest BCUT2D eigenvalue weighted by Crippen LogP contribution is -2.43. The smallest absolute Gasteiger partial charge is 0.276 e. The predicted molar refractivity (Wildman–Crippen MR) is 63.2 cm³/mol. The first kappa shape index (κ1) is 11.6. The molecule has 18 heavy (non-hydrogen) atoms. The quantitative estimate of drug-likeness (QED) is 0.768. The van der Waals surface area contributed by atoms with E-state index in [0.717, 1.165) is 26.1 Å². The second-order valence-electron chi connectivity index (χ2n) is 4.83. The molecule has 1 aromatic heterocycles. The summed E-state index contributed by atoms with van der Waals surface area (Å²) in [4.78, 5) is 13.9. The number of hydrogen-bond acceptors (Lipinski definition) is 5. The Hall–Kier alpha value is -1.47. The summed E-state index contributed by atoms with van der Waals surface area (Å²) in [5.41, 5.74) is 0.413. The van der Waals surface area contributed by atoms with Gasteiger partial charge in [0.15, 0.2) is 5.69 Å². The lowest BCUT2D eigenvalue weighted by molar-refractivity contribution is 0.0705. The first-order valence-corrected chi connectivity index (χ1v) is 6.23. The van der Waals surface area contributed by atoms with Crippen molar-refractivity contribution in [2.24, 2.45) is 0 Å². The molecular formula is C11H17N5O2. The van der Waals surface area contributed by atoms with E-state index < -0.39 is 0 Å². The van der Waals surface area contributed by atoms with Gasteiger partial charge in [-0.2, -0.15) is 0 Å². The average Bonchev–Trinajstić information content (AvgIpc) is 2.95. The molecule has 0 spiro atoms. The normalized spacial score (nSPS) is 23.9. The number of likely N-dealkylation sites (N-methyl/N-ethyl adjacent to an activating group) is 1. The third-order valence-corrected chi connectivity index (χ3v) is 3.64. The zero-order valence-corrected chi connectivity index (χ0v) is 10.4. The van der Waals surface area contributed by atoms with Crippen molar-refractivity contribution in [3.63, 3.8) is 0 Å². The first-order valence-electron chi connectivity index (χ1n) is 6.23. The van der Waals surface area contributed by atoms with Crippen LogP contribution >= 0.6 is 0 Å². The highest BCUT2D eigenvalue weighted by molar-refractivity contribution is 5.92. The number of aromatic nitrogens is 3. The molecule has 2 aliphatic rings. The molecule has 3 heterocycles. The Morgan fingerprint density at radius 3 is 3.06 bits per heavy atom. The van der Waals surface area contributed by atoms with E-state index >= 15 is 0 Å². The van der Waals surface area contributed by atoms with Gasteiger partial charge in [-0.05, 0) is 6.42 Å². The van der Waals surface area contributed by atoms with Crippen molar-refractivity contribution in [2.75, 3.05) is 33.4 Å².